The maximum absolute atomic E-state index is 11.7. The number of hydrogen-bond acceptors (Lipinski definition) is 3. The van der Waals surface area contributed by atoms with Gasteiger partial charge in [-0.1, -0.05) is 18.6 Å². The number of hydrogen-bond donors (Lipinski definition) is 1. The Morgan fingerprint density at radius 3 is 2.82 bits per heavy atom. The number of carbonyl (C=O) groups is 1. The molecule has 1 N–H and O–H groups in total. The molecule has 0 radical (unpaired) electrons. The smallest absolute Gasteiger partial charge is 0.306 e. The molecule has 1 aliphatic heterocycles. The number of aliphatic hydroxyl groups excluding tert-OH is 1. The fourth-order valence-corrected chi connectivity index (χ4v) is 6.16. The van der Waals surface area contributed by atoms with Crippen molar-refractivity contribution in [2.24, 2.45) is 23.2 Å². The molecule has 3 fully saturated rings. The van der Waals surface area contributed by atoms with E-state index >= 15 is 0 Å². The first kappa shape index (κ1) is 14.7. The molecule has 6 atom stereocenters. The van der Waals surface area contributed by atoms with Crippen molar-refractivity contribution >= 4 is 5.97 Å². The molecule has 0 aromatic heterocycles. The van der Waals surface area contributed by atoms with Crippen LogP contribution in [-0.2, 0) is 9.53 Å². The monoisotopic (exact) mass is 304 g/mol. The number of ether oxygens (including phenoxy) is 1. The summed E-state index contributed by atoms with van der Waals surface area (Å²) in [7, 11) is 0. The van der Waals surface area contributed by atoms with Crippen molar-refractivity contribution < 1.29 is 14.6 Å². The number of esters is 1. The van der Waals surface area contributed by atoms with Crippen molar-refractivity contribution in [2.45, 2.75) is 76.9 Å². The van der Waals surface area contributed by atoms with Crippen LogP contribution < -0.4 is 0 Å². The van der Waals surface area contributed by atoms with E-state index < -0.39 is 0 Å². The Morgan fingerprint density at radius 1 is 1.18 bits per heavy atom. The zero-order valence-corrected chi connectivity index (χ0v) is 13.8. The fourth-order valence-electron chi connectivity index (χ4n) is 6.16. The van der Waals surface area contributed by atoms with Crippen LogP contribution in [0.4, 0.5) is 0 Å². The number of aliphatic hydroxyl groups is 1. The summed E-state index contributed by atoms with van der Waals surface area (Å²) >= 11 is 0. The van der Waals surface area contributed by atoms with E-state index in [0.717, 1.165) is 44.9 Å². The van der Waals surface area contributed by atoms with Crippen molar-refractivity contribution in [2.75, 3.05) is 0 Å². The van der Waals surface area contributed by atoms with Crippen molar-refractivity contribution in [3.05, 3.63) is 11.6 Å². The van der Waals surface area contributed by atoms with Gasteiger partial charge in [0.05, 0.1) is 6.10 Å². The molecule has 1 heterocycles. The van der Waals surface area contributed by atoms with Gasteiger partial charge in [-0.15, -0.1) is 0 Å². The summed E-state index contributed by atoms with van der Waals surface area (Å²) < 4.78 is 5.81. The first-order valence-electron chi connectivity index (χ1n) is 9.02. The van der Waals surface area contributed by atoms with Crippen LogP contribution in [0, 0.1) is 23.2 Å². The van der Waals surface area contributed by atoms with E-state index in [2.05, 4.69) is 19.9 Å². The third kappa shape index (κ3) is 2.01. The molecule has 0 amide bonds. The SMILES string of the molecule is C[C@]12CC[C@H](O)CC1=CC[C@@H]1[C@@H]2CC[C@]2(C)OC(=O)CC[C@@H]12. The second-order valence-corrected chi connectivity index (χ2v) is 8.52. The molecule has 0 spiro atoms. The third-order valence-corrected chi connectivity index (χ3v) is 7.42. The highest BCUT2D eigenvalue weighted by atomic mass is 16.6. The van der Waals surface area contributed by atoms with Gasteiger partial charge in [-0.05, 0) is 69.1 Å². The largest absolute Gasteiger partial charge is 0.459 e. The summed E-state index contributed by atoms with van der Waals surface area (Å²) in [5.41, 5.74) is 1.54. The van der Waals surface area contributed by atoms with Crippen LogP contribution in [0.2, 0.25) is 0 Å². The van der Waals surface area contributed by atoms with Gasteiger partial charge in [-0.25, -0.2) is 0 Å². The van der Waals surface area contributed by atoms with Crippen LogP contribution in [0.15, 0.2) is 11.6 Å². The van der Waals surface area contributed by atoms with Gasteiger partial charge in [-0.3, -0.25) is 4.79 Å². The molecule has 122 valence electrons. The van der Waals surface area contributed by atoms with E-state index in [1.807, 2.05) is 0 Å². The second-order valence-electron chi connectivity index (χ2n) is 8.52. The molecular weight excluding hydrogens is 276 g/mol. The lowest BCUT2D eigenvalue weighted by Gasteiger charge is -2.59. The van der Waals surface area contributed by atoms with Gasteiger partial charge in [-0.2, -0.15) is 0 Å². The molecule has 0 aromatic carbocycles. The Bertz CT molecular complexity index is 525. The van der Waals surface area contributed by atoms with Crippen LogP contribution >= 0.6 is 0 Å². The van der Waals surface area contributed by atoms with Crippen molar-refractivity contribution in [3.63, 3.8) is 0 Å². The van der Waals surface area contributed by atoms with Crippen LogP contribution in [0.5, 0.6) is 0 Å². The second kappa shape index (κ2) is 4.83. The highest BCUT2D eigenvalue weighted by molar-refractivity contribution is 5.71. The van der Waals surface area contributed by atoms with Gasteiger partial charge in [0.25, 0.3) is 0 Å². The quantitative estimate of drug-likeness (QED) is 0.549. The van der Waals surface area contributed by atoms with Gasteiger partial charge < -0.3 is 9.84 Å². The minimum atomic E-state index is -0.230. The Balaban J connectivity index is 1.66. The van der Waals surface area contributed by atoms with Gasteiger partial charge >= 0.3 is 5.97 Å². The van der Waals surface area contributed by atoms with Crippen molar-refractivity contribution in [1.29, 1.82) is 0 Å². The molecule has 3 heteroatoms. The Kier molecular flexibility index (Phi) is 3.24. The number of fused-ring (bicyclic) bond motifs is 5. The van der Waals surface area contributed by atoms with Gasteiger partial charge in [0, 0.05) is 12.3 Å². The summed E-state index contributed by atoms with van der Waals surface area (Å²) in [4.78, 5) is 11.7. The summed E-state index contributed by atoms with van der Waals surface area (Å²) in [6.45, 7) is 4.59. The average molecular weight is 304 g/mol. The van der Waals surface area contributed by atoms with Crippen molar-refractivity contribution in [1.82, 2.24) is 0 Å². The molecule has 0 bridgehead atoms. The van der Waals surface area contributed by atoms with Crippen LogP contribution in [0.1, 0.15) is 65.2 Å². The van der Waals surface area contributed by atoms with E-state index in [4.69, 9.17) is 4.74 Å². The van der Waals surface area contributed by atoms with Crippen LogP contribution in [0.25, 0.3) is 0 Å². The minimum Gasteiger partial charge on any atom is -0.459 e. The van der Waals surface area contributed by atoms with Crippen molar-refractivity contribution in [3.8, 4) is 0 Å². The van der Waals surface area contributed by atoms with Crippen LogP contribution in [0.3, 0.4) is 0 Å². The van der Waals surface area contributed by atoms with E-state index in [1.54, 1.807) is 0 Å². The molecule has 3 nitrogen and oxygen atoms in total. The molecule has 4 aliphatic rings. The van der Waals surface area contributed by atoms with Gasteiger partial charge in [0.15, 0.2) is 0 Å². The Labute approximate surface area is 133 Å². The molecule has 0 unspecified atom stereocenters. The average Bonchev–Trinajstić information content (AvgIpc) is 2.46. The molecule has 3 aliphatic carbocycles. The zero-order valence-electron chi connectivity index (χ0n) is 13.8. The predicted octanol–water partition coefficient (Wildman–Crippen LogP) is 3.61. The van der Waals surface area contributed by atoms with Gasteiger partial charge in [0.2, 0.25) is 0 Å². The van der Waals surface area contributed by atoms with E-state index in [-0.39, 0.29) is 23.1 Å². The summed E-state index contributed by atoms with van der Waals surface area (Å²) in [5, 5.41) is 10.0. The first-order valence-corrected chi connectivity index (χ1v) is 9.02. The number of carbonyl (C=O) groups excluding carboxylic acids is 1. The first-order chi connectivity index (χ1) is 10.4. The molecule has 22 heavy (non-hydrogen) atoms. The van der Waals surface area contributed by atoms with E-state index in [0.29, 0.717) is 24.2 Å². The van der Waals surface area contributed by atoms with E-state index in [9.17, 15) is 9.90 Å². The Hall–Kier alpha value is -0.830. The molecule has 4 rings (SSSR count). The summed E-state index contributed by atoms with van der Waals surface area (Å²) in [6, 6.07) is 0. The summed E-state index contributed by atoms with van der Waals surface area (Å²) in [5.74, 6) is 1.87. The molecular formula is C19H28O3. The standard InChI is InChI=1S/C19H28O3/c1-18-9-7-13(20)11-12(18)3-4-14-15(18)8-10-19(2)16(14)5-6-17(21)22-19/h3,13-16,20H,4-11H2,1-2H3/t13-,14+,15-,16-,18-,19-/m0/s1. The topological polar surface area (TPSA) is 46.5 Å². The number of rotatable bonds is 0. The van der Waals surface area contributed by atoms with Crippen LogP contribution in [-0.4, -0.2) is 22.8 Å². The molecule has 1 saturated heterocycles. The summed E-state index contributed by atoms with van der Waals surface area (Å²) in [6.07, 6.45) is 10.1. The minimum absolute atomic E-state index is 0.00348. The fraction of sp³-hybridized carbons (Fsp3) is 0.842. The zero-order chi connectivity index (χ0) is 15.5. The predicted molar refractivity (Wildman–Crippen MR) is 84.1 cm³/mol. The third-order valence-electron chi connectivity index (χ3n) is 7.42. The maximum Gasteiger partial charge on any atom is 0.306 e. The highest BCUT2D eigenvalue weighted by Crippen LogP contribution is 2.61. The normalized spacial score (nSPS) is 51.0. The highest BCUT2D eigenvalue weighted by Gasteiger charge is 2.57. The van der Waals surface area contributed by atoms with Gasteiger partial charge in [0.1, 0.15) is 5.60 Å². The maximum atomic E-state index is 11.7. The lowest BCUT2D eigenvalue weighted by atomic mass is 9.49. The van der Waals surface area contributed by atoms with E-state index in [1.165, 1.54) is 5.57 Å². The molecule has 2 saturated carbocycles. The lowest BCUT2D eigenvalue weighted by molar-refractivity contribution is -0.192. The number of allylic oxidation sites excluding steroid dienone is 1. The Morgan fingerprint density at radius 2 is 2.00 bits per heavy atom. The lowest BCUT2D eigenvalue weighted by Crippen LogP contribution is -2.56. The molecule has 0 aromatic rings.